The first-order valence-corrected chi connectivity index (χ1v) is 5.49. The molecule has 1 heterocycles. The summed E-state index contributed by atoms with van der Waals surface area (Å²) in [5.41, 5.74) is 4.44. The van der Waals surface area contributed by atoms with Crippen molar-refractivity contribution in [1.29, 1.82) is 0 Å². The van der Waals surface area contributed by atoms with E-state index in [4.69, 9.17) is 0 Å². The fraction of sp³-hybridized carbons (Fsp3) is 0.455. The molecule has 1 aromatic rings. The van der Waals surface area contributed by atoms with Crippen LogP contribution in [0.25, 0.3) is 0 Å². The number of thioether (sulfide) groups is 1. The molecule has 2 rings (SSSR count). The van der Waals surface area contributed by atoms with E-state index in [0.717, 1.165) is 0 Å². The molecule has 12 heavy (non-hydrogen) atoms. The Balaban J connectivity index is 2.49. The zero-order valence-electron chi connectivity index (χ0n) is 7.68. The predicted molar refractivity (Wildman–Crippen MR) is 55.0 cm³/mol. The Morgan fingerprint density at radius 3 is 2.75 bits per heavy atom. The number of rotatable bonds is 0. The van der Waals surface area contributed by atoms with Crippen molar-refractivity contribution in [2.45, 2.75) is 31.6 Å². The molecule has 0 nitrogen and oxygen atoms in total. The van der Waals surface area contributed by atoms with E-state index in [1.807, 2.05) is 11.8 Å². The number of benzene rings is 1. The first kappa shape index (κ1) is 8.18. The van der Waals surface area contributed by atoms with Crippen LogP contribution in [0.5, 0.6) is 0 Å². The van der Waals surface area contributed by atoms with Gasteiger partial charge < -0.3 is 0 Å². The van der Waals surface area contributed by atoms with Gasteiger partial charge in [0.25, 0.3) is 0 Å². The van der Waals surface area contributed by atoms with Crippen LogP contribution in [0.1, 0.15) is 23.1 Å². The fourth-order valence-electron chi connectivity index (χ4n) is 1.62. The molecular weight excluding hydrogens is 164 g/mol. The van der Waals surface area contributed by atoms with Crippen LogP contribution in [0.15, 0.2) is 17.0 Å². The van der Waals surface area contributed by atoms with Gasteiger partial charge in [0.15, 0.2) is 0 Å². The summed E-state index contributed by atoms with van der Waals surface area (Å²) >= 11 is 2.01. The third kappa shape index (κ3) is 1.38. The molecule has 0 bridgehead atoms. The van der Waals surface area contributed by atoms with Crippen LogP contribution >= 0.6 is 11.8 Å². The molecule has 0 N–H and O–H groups in total. The van der Waals surface area contributed by atoms with E-state index < -0.39 is 0 Å². The van der Waals surface area contributed by atoms with Gasteiger partial charge in [-0.25, -0.2) is 0 Å². The Kier molecular flexibility index (Phi) is 2.14. The van der Waals surface area contributed by atoms with E-state index in [9.17, 15) is 0 Å². The van der Waals surface area contributed by atoms with Crippen LogP contribution in [0.3, 0.4) is 0 Å². The lowest BCUT2D eigenvalue weighted by molar-refractivity contribution is 0.885. The van der Waals surface area contributed by atoms with Crippen LogP contribution in [0.4, 0.5) is 0 Å². The zero-order valence-corrected chi connectivity index (χ0v) is 8.50. The van der Waals surface area contributed by atoms with Crippen molar-refractivity contribution >= 4 is 11.8 Å². The molecule has 0 atom stereocenters. The highest BCUT2D eigenvalue weighted by atomic mass is 32.2. The lowest BCUT2D eigenvalue weighted by Gasteiger charge is -2.16. The minimum Gasteiger partial charge on any atom is -0.126 e. The summed E-state index contributed by atoms with van der Waals surface area (Å²) in [4.78, 5) is 1.52. The third-order valence-corrected chi connectivity index (χ3v) is 3.71. The van der Waals surface area contributed by atoms with Crippen LogP contribution in [-0.2, 0) is 6.42 Å². The Bertz CT molecular complexity index is 271. The lowest BCUT2D eigenvalue weighted by Crippen LogP contribution is -1.99. The highest BCUT2D eigenvalue weighted by Crippen LogP contribution is 2.31. The summed E-state index contributed by atoms with van der Waals surface area (Å²) in [6.07, 6.45) is 2.63. The van der Waals surface area contributed by atoms with Gasteiger partial charge in [0.2, 0.25) is 0 Å². The summed E-state index contributed by atoms with van der Waals surface area (Å²) in [6, 6.07) is 4.70. The molecule has 0 radical (unpaired) electrons. The molecule has 0 saturated heterocycles. The highest BCUT2D eigenvalue weighted by Gasteiger charge is 2.10. The van der Waals surface area contributed by atoms with Crippen molar-refractivity contribution in [3.05, 3.63) is 28.8 Å². The van der Waals surface area contributed by atoms with Gasteiger partial charge in [-0.1, -0.05) is 6.07 Å². The average Bonchev–Trinajstić information content (AvgIpc) is 2.07. The van der Waals surface area contributed by atoms with E-state index in [-0.39, 0.29) is 0 Å². The Morgan fingerprint density at radius 2 is 1.92 bits per heavy atom. The Morgan fingerprint density at radius 1 is 1.17 bits per heavy atom. The first-order chi connectivity index (χ1) is 5.77. The third-order valence-electron chi connectivity index (χ3n) is 2.52. The number of hydrogen-bond donors (Lipinski definition) is 0. The maximum absolute atomic E-state index is 2.36. The molecule has 1 aliphatic heterocycles. The molecule has 0 unspecified atom stereocenters. The van der Waals surface area contributed by atoms with Gasteiger partial charge in [-0.05, 0) is 55.2 Å². The summed E-state index contributed by atoms with van der Waals surface area (Å²) in [5.74, 6) is 1.30. The second-order valence-corrected chi connectivity index (χ2v) is 4.63. The maximum atomic E-state index is 2.36. The molecule has 0 saturated carbocycles. The number of aryl methyl sites for hydroxylation is 3. The molecule has 0 aliphatic carbocycles. The molecule has 0 amide bonds. The summed E-state index contributed by atoms with van der Waals surface area (Å²) in [6.45, 7) is 4.40. The topological polar surface area (TPSA) is 0 Å². The standard InChI is InChI=1S/C11H14S/c1-8-6-10-4-3-5-12-11(10)7-9(8)2/h6-7H,3-5H2,1-2H3. The second kappa shape index (κ2) is 3.14. The normalized spacial score (nSPS) is 15.8. The van der Waals surface area contributed by atoms with Gasteiger partial charge in [-0.3, -0.25) is 0 Å². The van der Waals surface area contributed by atoms with Gasteiger partial charge in [-0.15, -0.1) is 11.8 Å². The molecule has 64 valence electrons. The molecule has 1 heteroatoms. The monoisotopic (exact) mass is 178 g/mol. The van der Waals surface area contributed by atoms with Crippen LogP contribution in [0, 0.1) is 13.8 Å². The smallest absolute Gasteiger partial charge is 0.0107 e. The van der Waals surface area contributed by atoms with E-state index in [2.05, 4.69) is 26.0 Å². The summed E-state index contributed by atoms with van der Waals surface area (Å²) in [5, 5.41) is 0. The number of fused-ring (bicyclic) bond motifs is 1. The van der Waals surface area contributed by atoms with Gasteiger partial charge in [0, 0.05) is 4.90 Å². The van der Waals surface area contributed by atoms with Gasteiger partial charge in [-0.2, -0.15) is 0 Å². The number of hydrogen-bond acceptors (Lipinski definition) is 1. The van der Waals surface area contributed by atoms with Crippen LogP contribution in [0.2, 0.25) is 0 Å². The molecule has 1 aliphatic rings. The molecule has 0 spiro atoms. The summed E-state index contributed by atoms with van der Waals surface area (Å²) in [7, 11) is 0. The zero-order chi connectivity index (χ0) is 8.55. The summed E-state index contributed by atoms with van der Waals surface area (Å²) < 4.78 is 0. The maximum Gasteiger partial charge on any atom is 0.0107 e. The molecule has 0 aromatic heterocycles. The average molecular weight is 178 g/mol. The van der Waals surface area contributed by atoms with E-state index in [1.165, 1.54) is 34.6 Å². The minimum atomic E-state index is 1.28. The predicted octanol–water partition coefficient (Wildman–Crippen LogP) is 3.34. The fourth-order valence-corrected chi connectivity index (χ4v) is 2.74. The molecule has 1 aromatic carbocycles. The Labute approximate surface area is 78.4 Å². The van der Waals surface area contributed by atoms with Crippen LogP contribution in [-0.4, -0.2) is 5.75 Å². The van der Waals surface area contributed by atoms with Crippen molar-refractivity contribution in [3.63, 3.8) is 0 Å². The van der Waals surface area contributed by atoms with Crippen molar-refractivity contribution in [1.82, 2.24) is 0 Å². The van der Waals surface area contributed by atoms with Crippen LogP contribution < -0.4 is 0 Å². The van der Waals surface area contributed by atoms with Gasteiger partial charge in [0.1, 0.15) is 0 Å². The quantitative estimate of drug-likeness (QED) is 0.587. The van der Waals surface area contributed by atoms with Gasteiger partial charge in [0.05, 0.1) is 0 Å². The molecule has 0 fully saturated rings. The van der Waals surface area contributed by atoms with Gasteiger partial charge >= 0.3 is 0 Å². The van der Waals surface area contributed by atoms with Crippen molar-refractivity contribution in [2.75, 3.05) is 5.75 Å². The minimum absolute atomic E-state index is 1.28. The lowest BCUT2D eigenvalue weighted by atomic mass is 10.0. The van der Waals surface area contributed by atoms with E-state index >= 15 is 0 Å². The second-order valence-electron chi connectivity index (χ2n) is 3.50. The van der Waals surface area contributed by atoms with Crippen molar-refractivity contribution in [2.24, 2.45) is 0 Å². The van der Waals surface area contributed by atoms with Crippen molar-refractivity contribution in [3.8, 4) is 0 Å². The van der Waals surface area contributed by atoms with E-state index in [0.29, 0.717) is 0 Å². The van der Waals surface area contributed by atoms with E-state index in [1.54, 1.807) is 5.56 Å². The largest absolute Gasteiger partial charge is 0.126 e. The van der Waals surface area contributed by atoms with Crippen molar-refractivity contribution < 1.29 is 0 Å². The highest BCUT2D eigenvalue weighted by molar-refractivity contribution is 7.99. The SMILES string of the molecule is Cc1cc2c(cc1C)SCCC2. The molecular formula is C11H14S. The Hall–Kier alpha value is -0.430. The first-order valence-electron chi connectivity index (χ1n) is 4.50.